The number of anilines is 2. The molecule has 1 aliphatic rings. The zero-order valence-electron chi connectivity index (χ0n) is 17.0. The van der Waals surface area contributed by atoms with E-state index in [-0.39, 0.29) is 29.7 Å². The van der Waals surface area contributed by atoms with Crippen molar-refractivity contribution < 1.29 is 9.59 Å². The highest BCUT2D eigenvalue weighted by Crippen LogP contribution is 2.28. The molecule has 0 radical (unpaired) electrons. The molecule has 1 aliphatic heterocycles. The highest BCUT2D eigenvalue weighted by Gasteiger charge is 2.32. The van der Waals surface area contributed by atoms with Crippen molar-refractivity contribution in [3.8, 4) is 0 Å². The Kier molecular flexibility index (Phi) is 5.74. The highest BCUT2D eigenvalue weighted by molar-refractivity contribution is 5.91. The third-order valence-electron chi connectivity index (χ3n) is 5.20. The first kappa shape index (κ1) is 20.3. The van der Waals surface area contributed by atoms with Crippen LogP contribution in [0.2, 0.25) is 0 Å². The minimum absolute atomic E-state index is 0.125. The van der Waals surface area contributed by atoms with Gasteiger partial charge in [-0.1, -0.05) is 12.1 Å². The Morgan fingerprint density at radius 2 is 1.84 bits per heavy atom. The molecule has 9 heteroatoms. The Labute approximate surface area is 179 Å². The van der Waals surface area contributed by atoms with Gasteiger partial charge in [0, 0.05) is 49.5 Å². The molecule has 1 aromatic carbocycles. The van der Waals surface area contributed by atoms with E-state index in [4.69, 9.17) is 5.73 Å². The van der Waals surface area contributed by atoms with E-state index in [1.165, 1.54) is 12.4 Å². The van der Waals surface area contributed by atoms with Gasteiger partial charge in [0.1, 0.15) is 0 Å². The number of hydrogen-bond acceptors (Lipinski definition) is 6. The maximum Gasteiger partial charge on any atom is 0.321 e. The zero-order valence-corrected chi connectivity index (χ0v) is 17.0. The van der Waals surface area contributed by atoms with Crippen LogP contribution in [0.5, 0.6) is 0 Å². The van der Waals surface area contributed by atoms with Gasteiger partial charge >= 0.3 is 6.03 Å². The lowest BCUT2D eigenvalue weighted by Crippen LogP contribution is -2.50. The standard InChI is InChI=1S/C22H23N7O2/c1-14(27-21(30)20-25-7-2-8-26-20)15-3-5-19(6-4-15)28-22(31)29-12-17(13-29)16-9-18(23)11-24-10-16/h2-11,14,17H,12-13,23H2,1H3,(H,27,30)(H,28,31)/t14-/m0/s1. The Morgan fingerprint density at radius 1 is 1.13 bits per heavy atom. The van der Waals surface area contributed by atoms with Crippen molar-refractivity contribution >= 4 is 23.3 Å². The summed E-state index contributed by atoms with van der Waals surface area (Å²) in [7, 11) is 0. The Balaban J connectivity index is 1.28. The van der Waals surface area contributed by atoms with Gasteiger partial charge in [0.2, 0.25) is 5.82 Å². The number of benzene rings is 1. The van der Waals surface area contributed by atoms with E-state index in [1.54, 1.807) is 23.4 Å². The van der Waals surface area contributed by atoms with Crippen LogP contribution in [0.3, 0.4) is 0 Å². The first-order valence-electron chi connectivity index (χ1n) is 9.94. The van der Waals surface area contributed by atoms with Gasteiger partial charge in [-0.05, 0) is 42.3 Å². The van der Waals surface area contributed by atoms with Crippen LogP contribution < -0.4 is 16.4 Å². The highest BCUT2D eigenvalue weighted by atomic mass is 16.2. The second-order valence-corrected chi connectivity index (χ2v) is 7.47. The zero-order chi connectivity index (χ0) is 21.8. The molecule has 0 bridgehead atoms. The van der Waals surface area contributed by atoms with Gasteiger partial charge in [0.05, 0.1) is 11.7 Å². The second kappa shape index (κ2) is 8.78. The second-order valence-electron chi connectivity index (χ2n) is 7.47. The number of nitrogens with one attached hydrogen (secondary N) is 2. The number of carbonyl (C=O) groups is 2. The fraction of sp³-hybridized carbons (Fsp3) is 0.227. The predicted octanol–water partition coefficient (Wildman–Crippen LogP) is 2.58. The minimum atomic E-state index is -0.340. The summed E-state index contributed by atoms with van der Waals surface area (Å²) in [6.07, 6.45) is 6.45. The smallest absolute Gasteiger partial charge is 0.321 e. The SMILES string of the molecule is C[C@H](NC(=O)c1ncccn1)c1ccc(NC(=O)N2CC(c3cncc(N)c3)C2)cc1. The third-order valence-corrected chi connectivity index (χ3v) is 5.20. The van der Waals surface area contributed by atoms with E-state index >= 15 is 0 Å². The first-order valence-corrected chi connectivity index (χ1v) is 9.94. The molecular formula is C22H23N7O2. The number of rotatable bonds is 5. The van der Waals surface area contributed by atoms with E-state index in [0.717, 1.165) is 11.1 Å². The molecule has 1 atom stereocenters. The number of pyridine rings is 1. The summed E-state index contributed by atoms with van der Waals surface area (Å²) in [5.41, 5.74) is 9.04. The van der Waals surface area contributed by atoms with Crippen LogP contribution in [0.25, 0.3) is 0 Å². The van der Waals surface area contributed by atoms with Crippen molar-refractivity contribution in [2.45, 2.75) is 18.9 Å². The molecule has 4 rings (SSSR count). The molecule has 4 N–H and O–H groups in total. The van der Waals surface area contributed by atoms with Gasteiger partial charge in [-0.2, -0.15) is 0 Å². The van der Waals surface area contributed by atoms with Crippen molar-refractivity contribution in [1.82, 2.24) is 25.2 Å². The van der Waals surface area contributed by atoms with E-state index in [0.29, 0.717) is 24.5 Å². The number of hydrogen-bond donors (Lipinski definition) is 3. The monoisotopic (exact) mass is 417 g/mol. The lowest BCUT2D eigenvalue weighted by atomic mass is 9.93. The molecule has 0 saturated carbocycles. The summed E-state index contributed by atoms with van der Waals surface area (Å²) in [5, 5.41) is 5.76. The van der Waals surface area contributed by atoms with Crippen LogP contribution in [0.1, 0.15) is 40.6 Å². The largest absolute Gasteiger partial charge is 0.397 e. The number of nitrogen functional groups attached to an aromatic ring is 1. The number of aromatic nitrogens is 3. The van der Waals surface area contributed by atoms with Gasteiger partial charge in [-0.15, -0.1) is 0 Å². The van der Waals surface area contributed by atoms with E-state index in [9.17, 15) is 9.59 Å². The molecule has 3 aromatic rings. The molecule has 31 heavy (non-hydrogen) atoms. The van der Waals surface area contributed by atoms with E-state index < -0.39 is 0 Å². The summed E-state index contributed by atoms with van der Waals surface area (Å²) < 4.78 is 0. The number of nitrogens with two attached hydrogens (primary N) is 1. The number of amides is 3. The van der Waals surface area contributed by atoms with Crippen molar-refractivity contribution in [1.29, 1.82) is 0 Å². The molecule has 9 nitrogen and oxygen atoms in total. The van der Waals surface area contributed by atoms with Crippen LogP contribution in [0, 0.1) is 0 Å². The van der Waals surface area contributed by atoms with Crippen LogP contribution in [-0.4, -0.2) is 44.9 Å². The molecular weight excluding hydrogens is 394 g/mol. The average Bonchev–Trinajstić information content (AvgIpc) is 2.74. The normalized spacial score (nSPS) is 14.4. The molecule has 0 spiro atoms. The molecule has 158 valence electrons. The molecule has 2 aromatic heterocycles. The molecule has 3 amide bonds. The number of likely N-dealkylation sites (tertiary alicyclic amines) is 1. The maximum atomic E-state index is 12.5. The maximum absolute atomic E-state index is 12.5. The van der Waals surface area contributed by atoms with Gasteiger partial charge < -0.3 is 21.3 Å². The Hall–Kier alpha value is -4.01. The number of carbonyl (C=O) groups excluding carboxylic acids is 2. The average molecular weight is 417 g/mol. The van der Waals surface area contributed by atoms with Crippen molar-refractivity contribution in [2.24, 2.45) is 0 Å². The van der Waals surface area contributed by atoms with Crippen LogP contribution in [0.4, 0.5) is 16.2 Å². The lowest BCUT2D eigenvalue weighted by Gasteiger charge is -2.39. The molecule has 0 aliphatic carbocycles. The van der Waals surface area contributed by atoms with Gasteiger partial charge in [0.25, 0.3) is 5.91 Å². The van der Waals surface area contributed by atoms with Crippen LogP contribution in [0.15, 0.2) is 61.2 Å². The van der Waals surface area contributed by atoms with Crippen LogP contribution >= 0.6 is 0 Å². The summed E-state index contributed by atoms with van der Waals surface area (Å²) in [6, 6.07) is 10.5. The Morgan fingerprint density at radius 3 is 2.52 bits per heavy atom. The summed E-state index contributed by atoms with van der Waals surface area (Å²) in [5.74, 6) is 0.0374. The minimum Gasteiger partial charge on any atom is -0.397 e. The topological polar surface area (TPSA) is 126 Å². The van der Waals surface area contributed by atoms with E-state index in [2.05, 4.69) is 25.6 Å². The third kappa shape index (κ3) is 4.77. The fourth-order valence-corrected chi connectivity index (χ4v) is 3.37. The number of nitrogens with zero attached hydrogens (tertiary/aromatic N) is 4. The molecule has 0 unspecified atom stereocenters. The molecule has 1 saturated heterocycles. The predicted molar refractivity (Wildman–Crippen MR) is 116 cm³/mol. The van der Waals surface area contributed by atoms with Gasteiger partial charge in [-0.25, -0.2) is 14.8 Å². The summed E-state index contributed by atoms with van der Waals surface area (Å²) >= 11 is 0. The fourth-order valence-electron chi connectivity index (χ4n) is 3.37. The lowest BCUT2D eigenvalue weighted by molar-refractivity contribution is 0.0929. The van der Waals surface area contributed by atoms with Gasteiger partial charge in [-0.3, -0.25) is 9.78 Å². The molecule has 3 heterocycles. The van der Waals surface area contributed by atoms with Crippen molar-refractivity contribution in [3.63, 3.8) is 0 Å². The number of urea groups is 1. The molecule has 1 fully saturated rings. The van der Waals surface area contributed by atoms with Gasteiger partial charge in [0.15, 0.2) is 0 Å². The van der Waals surface area contributed by atoms with Crippen molar-refractivity contribution in [2.75, 3.05) is 24.1 Å². The van der Waals surface area contributed by atoms with Crippen LogP contribution in [-0.2, 0) is 0 Å². The first-order chi connectivity index (χ1) is 15.0. The van der Waals surface area contributed by atoms with E-state index in [1.807, 2.05) is 37.3 Å². The summed E-state index contributed by atoms with van der Waals surface area (Å²) in [6.45, 7) is 3.12. The summed E-state index contributed by atoms with van der Waals surface area (Å²) in [4.78, 5) is 38.4. The van der Waals surface area contributed by atoms with Crippen molar-refractivity contribution in [3.05, 3.63) is 78.1 Å². The quantitative estimate of drug-likeness (QED) is 0.586. The Bertz CT molecular complexity index is 1070.